The molecule has 1 aliphatic rings. The summed E-state index contributed by atoms with van der Waals surface area (Å²) in [6, 6.07) is 0. The lowest BCUT2D eigenvalue weighted by atomic mass is 9.89. The zero-order valence-electron chi connectivity index (χ0n) is 11.1. The molecular formula is C13H27N3. The molecule has 1 aliphatic carbocycles. The summed E-state index contributed by atoms with van der Waals surface area (Å²) >= 11 is 0. The SMILES string of the molecule is CCCCNC(=NC)NCC1(C)CCCC1. The number of rotatable bonds is 5. The van der Waals surface area contributed by atoms with E-state index in [0.29, 0.717) is 5.41 Å². The molecule has 0 radical (unpaired) electrons. The number of nitrogens with zero attached hydrogens (tertiary/aromatic N) is 1. The van der Waals surface area contributed by atoms with Crippen LogP contribution in [0.3, 0.4) is 0 Å². The zero-order valence-corrected chi connectivity index (χ0v) is 11.1. The van der Waals surface area contributed by atoms with E-state index in [-0.39, 0.29) is 0 Å². The molecule has 1 rings (SSSR count). The Balaban J connectivity index is 2.23. The smallest absolute Gasteiger partial charge is 0.190 e. The molecule has 94 valence electrons. The molecule has 0 amide bonds. The Hall–Kier alpha value is -0.730. The fourth-order valence-electron chi connectivity index (χ4n) is 2.31. The third-order valence-electron chi connectivity index (χ3n) is 3.54. The van der Waals surface area contributed by atoms with Gasteiger partial charge in [0.1, 0.15) is 0 Å². The summed E-state index contributed by atoms with van der Waals surface area (Å²) < 4.78 is 0. The van der Waals surface area contributed by atoms with E-state index in [1.807, 2.05) is 7.05 Å². The number of hydrogen-bond acceptors (Lipinski definition) is 1. The van der Waals surface area contributed by atoms with Crippen LogP contribution < -0.4 is 10.6 Å². The molecule has 0 atom stereocenters. The fraction of sp³-hybridized carbons (Fsp3) is 0.923. The Morgan fingerprint density at radius 1 is 1.25 bits per heavy atom. The maximum atomic E-state index is 4.25. The molecule has 0 aromatic heterocycles. The highest BCUT2D eigenvalue weighted by molar-refractivity contribution is 5.79. The third-order valence-corrected chi connectivity index (χ3v) is 3.54. The van der Waals surface area contributed by atoms with Gasteiger partial charge in [0.05, 0.1) is 0 Å². The molecule has 16 heavy (non-hydrogen) atoms. The molecule has 2 N–H and O–H groups in total. The Labute approximate surface area is 100 Å². The van der Waals surface area contributed by atoms with Crippen LogP contribution in [0, 0.1) is 5.41 Å². The van der Waals surface area contributed by atoms with Crippen molar-refractivity contribution in [2.45, 2.75) is 52.4 Å². The van der Waals surface area contributed by atoms with Crippen molar-refractivity contribution in [2.24, 2.45) is 10.4 Å². The van der Waals surface area contributed by atoms with E-state index < -0.39 is 0 Å². The van der Waals surface area contributed by atoms with E-state index in [4.69, 9.17) is 0 Å². The van der Waals surface area contributed by atoms with Crippen LogP contribution in [0.1, 0.15) is 52.4 Å². The summed E-state index contributed by atoms with van der Waals surface area (Å²) in [6.45, 7) is 6.66. The summed E-state index contributed by atoms with van der Waals surface area (Å²) in [6.07, 6.45) is 7.91. The van der Waals surface area contributed by atoms with Crippen molar-refractivity contribution in [1.29, 1.82) is 0 Å². The average Bonchev–Trinajstić information content (AvgIpc) is 2.71. The van der Waals surface area contributed by atoms with Gasteiger partial charge in [0.2, 0.25) is 0 Å². The highest BCUT2D eigenvalue weighted by Crippen LogP contribution is 2.36. The minimum Gasteiger partial charge on any atom is -0.356 e. The monoisotopic (exact) mass is 225 g/mol. The first kappa shape index (κ1) is 13.3. The van der Waals surface area contributed by atoms with Gasteiger partial charge in [-0.15, -0.1) is 0 Å². The molecular weight excluding hydrogens is 198 g/mol. The summed E-state index contributed by atoms with van der Waals surface area (Å²) in [5, 5.41) is 6.80. The van der Waals surface area contributed by atoms with Crippen LogP contribution in [-0.4, -0.2) is 26.1 Å². The van der Waals surface area contributed by atoms with Gasteiger partial charge in [-0.1, -0.05) is 33.1 Å². The number of unbranched alkanes of at least 4 members (excludes halogenated alkanes) is 1. The lowest BCUT2D eigenvalue weighted by Crippen LogP contribution is -2.42. The number of aliphatic imine (C=N–C) groups is 1. The van der Waals surface area contributed by atoms with Crippen molar-refractivity contribution in [3.63, 3.8) is 0 Å². The highest BCUT2D eigenvalue weighted by atomic mass is 15.2. The van der Waals surface area contributed by atoms with Gasteiger partial charge in [-0.05, 0) is 24.7 Å². The summed E-state index contributed by atoms with van der Waals surface area (Å²) in [4.78, 5) is 4.25. The maximum Gasteiger partial charge on any atom is 0.190 e. The summed E-state index contributed by atoms with van der Waals surface area (Å²) in [7, 11) is 1.85. The molecule has 3 nitrogen and oxygen atoms in total. The normalized spacial score (nSPS) is 19.8. The molecule has 0 bridgehead atoms. The van der Waals surface area contributed by atoms with Gasteiger partial charge < -0.3 is 10.6 Å². The van der Waals surface area contributed by atoms with Crippen LogP contribution in [0.2, 0.25) is 0 Å². The first-order chi connectivity index (χ1) is 7.70. The van der Waals surface area contributed by atoms with E-state index in [9.17, 15) is 0 Å². The third kappa shape index (κ3) is 4.42. The lowest BCUT2D eigenvalue weighted by Gasteiger charge is -2.25. The van der Waals surface area contributed by atoms with Gasteiger partial charge in [-0.25, -0.2) is 0 Å². The molecule has 0 aromatic carbocycles. The molecule has 3 heteroatoms. The largest absolute Gasteiger partial charge is 0.356 e. The molecule has 0 aromatic rings. The minimum absolute atomic E-state index is 0.488. The van der Waals surface area contributed by atoms with Gasteiger partial charge in [0.15, 0.2) is 5.96 Å². The van der Waals surface area contributed by atoms with E-state index in [1.54, 1.807) is 0 Å². The van der Waals surface area contributed by atoms with Crippen LogP contribution in [0.4, 0.5) is 0 Å². The Kier molecular flexibility index (Phi) is 5.64. The second kappa shape index (κ2) is 6.77. The molecule has 1 saturated carbocycles. The number of hydrogen-bond donors (Lipinski definition) is 2. The summed E-state index contributed by atoms with van der Waals surface area (Å²) in [5.41, 5.74) is 0.488. The minimum atomic E-state index is 0.488. The molecule has 0 saturated heterocycles. The average molecular weight is 225 g/mol. The quantitative estimate of drug-likeness (QED) is 0.428. The predicted molar refractivity (Wildman–Crippen MR) is 70.8 cm³/mol. The number of guanidine groups is 1. The standard InChI is InChI=1S/C13H27N3/c1-4-5-10-15-12(14-3)16-11-13(2)8-6-7-9-13/h4-11H2,1-3H3,(H2,14,15,16). The van der Waals surface area contributed by atoms with Crippen LogP contribution in [0.15, 0.2) is 4.99 Å². The van der Waals surface area contributed by atoms with Crippen molar-refractivity contribution in [2.75, 3.05) is 20.1 Å². The predicted octanol–water partition coefficient (Wildman–Crippen LogP) is 2.53. The fourth-order valence-corrected chi connectivity index (χ4v) is 2.31. The van der Waals surface area contributed by atoms with Crippen molar-refractivity contribution in [3.05, 3.63) is 0 Å². The maximum absolute atomic E-state index is 4.25. The zero-order chi connectivity index (χ0) is 11.9. The Morgan fingerprint density at radius 3 is 2.50 bits per heavy atom. The first-order valence-corrected chi connectivity index (χ1v) is 6.65. The molecule has 1 fully saturated rings. The molecule has 0 heterocycles. The molecule has 0 unspecified atom stereocenters. The van der Waals surface area contributed by atoms with E-state index in [2.05, 4.69) is 29.5 Å². The first-order valence-electron chi connectivity index (χ1n) is 6.65. The van der Waals surface area contributed by atoms with Crippen LogP contribution in [0.25, 0.3) is 0 Å². The van der Waals surface area contributed by atoms with Gasteiger partial charge in [0.25, 0.3) is 0 Å². The lowest BCUT2D eigenvalue weighted by molar-refractivity contribution is 0.334. The van der Waals surface area contributed by atoms with Gasteiger partial charge in [0, 0.05) is 20.1 Å². The van der Waals surface area contributed by atoms with Crippen LogP contribution >= 0.6 is 0 Å². The van der Waals surface area contributed by atoms with Crippen molar-refractivity contribution in [3.8, 4) is 0 Å². The van der Waals surface area contributed by atoms with Crippen LogP contribution in [0.5, 0.6) is 0 Å². The second-order valence-corrected chi connectivity index (χ2v) is 5.22. The van der Waals surface area contributed by atoms with Crippen molar-refractivity contribution < 1.29 is 0 Å². The Bertz CT molecular complexity index is 217. The van der Waals surface area contributed by atoms with Crippen LogP contribution in [-0.2, 0) is 0 Å². The topological polar surface area (TPSA) is 36.4 Å². The van der Waals surface area contributed by atoms with Gasteiger partial charge in [-0.2, -0.15) is 0 Å². The van der Waals surface area contributed by atoms with Crippen molar-refractivity contribution in [1.82, 2.24) is 10.6 Å². The van der Waals surface area contributed by atoms with Gasteiger partial charge >= 0.3 is 0 Å². The van der Waals surface area contributed by atoms with E-state index in [1.165, 1.54) is 38.5 Å². The summed E-state index contributed by atoms with van der Waals surface area (Å²) in [5.74, 6) is 0.960. The van der Waals surface area contributed by atoms with Crippen molar-refractivity contribution >= 4 is 5.96 Å². The number of nitrogens with one attached hydrogen (secondary N) is 2. The highest BCUT2D eigenvalue weighted by Gasteiger charge is 2.28. The van der Waals surface area contributed by atoms with E-state index in [0.717, 1.165) is 19.0 Å². The van der Waals surface area contributed by atoms with E-state index >= 15 is 0 Å². The Morgan fingerprint density at radius 2 is 1.94 bits per heavy atom. The molecule has 0 spiro atoms. The molecule has 0 aliphatic heterocycles. The second-order valence-electron chi connectivity index (χ2n) is 5.22. The van der Waals surface area contributed by atoms with Gasteiger partial charge in [-0.3, -0.25) is 4.99 Å².